The van der Waals surface area contributed by atoms with Crippen molar-refractivity contribution < 1.29 is 9.53 Å². The summed E-state index contributed by atoms with van der Waals surface area (Å²) in [5, 5.41) is 10.5. The van der Waals surface area contributed by atoms with Crippen LogP contribution in [-0.4, -0.2) is 48.5 Å². The largest absolute Gasteiger partial charge is 0.380 e. The molecule has 6 nitrogen and oxygen atoms in total. The molecule has 114 valence electrons. The summed E-state index contributed by atoms with van der Waals surface area (Å²) in [5.41, 5.74) is -0.555. The highest BCUT2D eigenvalue weighted by Crippen LogP contribution is 2.26. The fourth-order valence-corrected chi connectivity index (χ4v) is 2.47. The first kappa shape index (κ1) is 16.9. The lowest BCUT2D eigenvalue weighted by Crippen LogP contribution is -2.55. The Hall–Kier alpha value is -1.11. The van der Waals surface area contributed by atoms with Crippen LogP contribution in [0.25, 0.3) is 0 Å². The number of nitrogens with zero attached hydrogens (tertiary/aromatic N) is 2. The van der Waals surface area contributed by atoms with Crippen LogP contribution in [-0.2, 0) is 15.1 Å². The maximum atomic E-state index is 12.5. The molecule has 0 spiro atoms. The van der Waals surface area contributed by atoms with E-state index in [0.29, 0.717) is 19.8 Å². The van der Waals surface area contributed by atoms with E-state index in [1.807, 2.05) is 19.2 Å². The first-order chi connectivity index (χ1) is 9.29. The monoisotopic (exact) mass is 302 g/mol. The van der Waals surface area contributed by atoms with Crippen molar-refractivity contribution in [1.82, 2.24) is 20.4 Å². The Balaban J connectivity index is 0.00000200. The van der Waals surface area contributed by atoms with Gasteiger partial charge in [0.15, 0.2) is 0 Å². The molecule has 7 heteroatoms. The number of aromatic nitrogens is 2. The van der Waals surface area contributed by atoms with E-state index in [9.17, 15) is 4.79 Å². The van der Waals surface area contributed by atoms with E-state index in [1.54, 1.807) is 10.9 Å². The van der Waals surface area contributed by atoms with Gasteiger partial charge in [0.05, 0.1) is 6.61 Å². The normalized spacial score (nSPS) is 17.2. The van der Waals surface area contributed by atoms with Gasteiger partial charge in [-0.05, 0) is 38.9 Å². The lowest BCUT2D eigenvalue weighted by molar-refractivity contribution is -0.132. The van der Waals surface area contributed by atoms with Gasteiger partial charge in [-0.1, -0.05) is 0 Å². The Kier molecular flexibility index (Phi) is 6.98. The van der Waals surface area contributed by atoms with Crippen LogP contribution in [0.2, 0.25) is 0 Å². The topological polar surface area (TPSA) is 68.2 Å². The molecule has 0 bridgehead atoms. The fourth-order valence-electron chi connectivity index (χ4n) is 2.47. The predicted molar refractivity (Wildman–Crippen MR) is 79.1 cm³/mol. The molecule has 0 atom stereocenters. The van der Waals surface area contributed by atoms with E-state index in [1.165, 1.54) is 0 Å². The maximum absolute atomic E-state index is 12.5. The van der Waals surface area contributed by atoms with Crippen molar-refractivity contribution in [2.75, 3.05) is 32.8 Å². The highest BCUT2D eigenvalue weighted by atomic mass is 35.5. The highest BCUT2D eigenvalue weighted by Gasteiger charge is 2.41. The van der Waals surface area contributed by atoms with Crippen molar-refractivity contribution in [2.45, 2.75) is 25.3 Å². The molecule has 1 aromatic rings. The molecular weight excluding hydrogens is 280 g/mol. The number of carbonyl (C=O) groups excluding carboxylic acids is 1. The molecule has 0 aromatic carbocycles. The number of amides is 1. The van der Waals surface area contributed by atoms with Gasteiger partial charge in [-0.3, -0.25) is 9.48 Å². The zero-order valence-corrected chi connectivity index (χ0v) is 12.6. The smallest absolute Gasteiger partial charge is 0.248 e. The maximum Gasteiger partial charge on any atom is 0.248 e. The van der Waals surface area contributed by atoms with Crippen LogP contribution in [0.3, 0.4) is 0 Å². The molecule has 2 N–H and O–H groups in total. The summed E-state index contributed by atoms with van der Waals surface area (Å²) in [6, 6.07) is 1.86. The third-order valence-corrected chi connectivity index (χ3v) is 3.53. The Morgan fingerprint density at radius 3 is 2.85 bits per heavy atom. The molecule has 2 heterocycles. The van der Waals surface area contributed by atoms with Crippen molar-refractivity contribution in [3.05, 3.63) is 18.5 Å². The van der Waals surface area contributed by atoms with E-state index >= 15 is 0 Å². The van der Waals surface area contributed by atoms with Crippen molar-refractivity contribution in [3.63, 3.8) is 0 Å². The first-order valence-electron chi connectivity index (χ1n) is 6.86. The van der Waals surface area contributed by atoms with Crippen molar-refractivity contribution in [1.29, 1.82) is 0 Å². The molecule has 0 aliphatic carbocycles. The number of rotatable bonds is 6. The second kappa shape index (κ2) is 8.24. The lowest BCUT2D eigenvalue weighted by Gasteiger charge is -2.36. The molecular formula is C13H23ClN4O2. The molecule has 1 saturated heterocycles. The third-order valence-electron chi connectivity index (χ3n) is 3.53. The SMILES string of the molecule is CCOCCNC(=O)C1(n2cccn2)CCNCC1.Cl. The Morgan fingerprint density at radius 2 is 2.25 bits per heavy atom. The van der Waals surface area contributed by atoms with Crippen molar-refractivity contribution in [2.24, 2.45) is 0 Å². The van der Waals surface area contributed by atoms with Crippen molar-refractivity contribution in [3.8, 4) is 0 Å². The molecule has 20 heavy (non-hydrogen) atoms. The number of ether oxygens (including phenoxy) is 1. The van der Waals surface area contributed by atoms with Gasteiger partial charge in [0.2, 0.25) is 5.91 Å². The minimum Gasteiger partial charge on any atom is -0.380 e. The average Bonchev–Trinajstić information content (AvgIpc) is 2.99. The Labute approximate surface area is 125 Å². The minimum atomic E-state index is -0.555. The summed E-state index contributed by atoms with van der Waals surface area (Å²) in [6.07, 6.45) is 5.11. The van der Waals surface area contributed by atoms with E-state index in [4.69, 9.17) is 4.74 Å². The van der Waals surface area contributed by atoms with Gasteiger partial charge < -0.3 is 15.4 Å². The molecule has 2 rings (SSSR count). The van der Waals surface area contributed by atoms with E-state index in [0.717, 1.165) is 25.9 Å². The van der Waals surface area contributed by atoms with Gasteiger partial charge >= 0.3 is 0 Å². The van der Waals surface area contributed by atoms with E-state index in [2.05, 4.69) is 15.7 Å². The summed E-state index contributed by atoms with van der Waals surface area (Å²) in [6.45, 7) is 5.38. The molecule has 0 saturated carbocycles. The summed E-state index contributed by atoms with van der Waals surface area (Å²) < 4.78 is 7.04. The number of nitrogens with one attached hydrogen (secondary N) is 2. The standard InChI is InChI=1S/C13H22N4O2.ClH/c1-2-19-11-9-15-12(18)13(4-7-14-8-5-13)17-10-3-6-16-17;/h3,6,10,14H,2,4-5,7-9,11H2,1H3,(H,15,18);1H. The lowest BCUT2D eigenvalue weighted by atomic mass is 9.87. The number of halogens is 1. The average molecular weight is 303 g/mol. The molecule has 1 amide bonds. The van der Waals surface area contributed by atoms with Crippen LogP contribution < -0.4 is 10.6 Å². The van der Waals surface area contributed by atoms with Gasteiger partial charge in [-0.15, -0.1) is 12.4 Å². The van der Waals surface area contributed by atoms with Crippen LogP contribution in [0.5, 0.6) is 0 Å². The van der Waals surface area contributed by atoms with Gasteiger partial charge in [0.1, 0.15) is 5.54 Å². The van der Waals surface area contributed by atoms with Crippen LogP contribution in [0, 0.1) is 0 Å². The highest BCUT2D eigenvalue weighted by molar-refractivity contribution is 5.85. The van der Waals surface area contributed by atoms with Crippen molar-refractivity contribution >= 4 is 18.3 Å². The molecule has 1 aromatic heterocycles. The number of carbonyl (C=O) groups is 1. The third kappa shape index (κ3) is 3.71. The first-order valence-corrected chi connectivity index (χ1v) is 6.86. The predicted octanol–water partition coefficient (Wildman–Crippen LogP) is 0.536. The van der Waals surface area contributed by atoms with E-state index < -0.39 is 5.54 Å². The van der Waals surface area contributed by atoms with Gasteiger partial charge in [0, 0.05) is 25.5 Å². The second-order valence-corrected chi connectivity index (χ2v) is 4.69. The minimum absolute atomic E-state index is 0. The van der Waals surface area contributed by atoms with Gasteiger partial charge in [-0.2, -0.15) is 5.10 Å². The molecule has 0 radical (unpaired) electrons. The van der Waals surface area contributed by atoms with Crippen LogP contribution in [0.1, 0.15) is 19.8 Å². The molecule has 0 unspecified atom stereocenters. The summed E-state index contributed by atoms with van der Waals surface area (Å²) in [7, 11) is 0. The molecule has 1 aliphatic heterocycles. The van der Waals surface area contributed by atoms with Crippen LogP contribution >= 0.6 is 12.4 Å². The zero-order chi connectivity index (χ0) is 13.6. The molecule has 1 fully saturated rings. The Bertz CT molecular complexity index is 391. The van der Waals surface area contributed by atoms with E-state index in [-0.39, 0.29) is 18.3 Å². The quantitative estimate of drug-likeness (QED) is 0.753. The van der Waals surface area contributed by atoms with Gasteiger partial charge in [0.25, 0.3) is 0 Å². The summed E-state index contributed by atoms with van der Waals surface area (Å²) >= 11 is 0. The number of piperidine rings is 1. The summed E-state index contributed by atoms with van der Waals surface area (Å²) in [4.78, 5) is 12.5. The number of hydrogen-bond donors (Lipinski definition) is 2. The second-order valence-electron chi connectivity index (χ2n) is 4.69. The van der Waals surface area contributed by atoms with Crippen LogP contribution in [0.4, 0.5) is 0 Å². The molecule has 1 aliphatic rings. The summed E-state index contributed by atoms with van der Waals surface area (Å²) in [5.74, 6) is 0.0393. The van der Waals surface area contributed by atoms with Gasteiger partial charge in [-0.25, -0.2) is 0 Å². The number of hydrogen-bond acceptors (Lipinski definition) is 4. The van der Waals surface area contributed by atoms with Crippen LogP contribution in [0.15, 0.2) is 18.5 Å². The Morgan fingerprint density at radius 1 is 1.50 bits per heavy atom. The zero-order valence-electron chi connectivity index (χ0n) is 11.8. The fraction of sp³-hybridized carbons (Fsp3) is 0.692.